The average Bonchev–Trinajstić information content (AvgIpc) is 2.48. The Morgan fingerprint density at radius 1 is 1.23 bits per heavy atom. The maximum atomic E-state index is 13.7. The highest BCUT2D eigenvalue weighted by molar-refractivity contribution is 5.78. The number of esters is 1. The SMILES string of the molecule is CCc1cnc(-c2ccc(OC(=O)C(F)(F)F)c(F)c2)nc1. The Kier molecular flexibility index (Phi) is 4.39. The molecule has 0 radical (unpaired) electrons. The van der Waals surface area contributed by atoms with Gasteiger partial charge in [0.25, 0.3) is 0 Å². The summed E-state index contributed by atoms with van der Waals surface area (Å²) in [6.45, 7) is 1.92. The van der Waals surface area contributed by atoms with Gasteiger partial charge in [0.1, 0.15) is 0 Å². The minimum absolute atomic E-state index is 0.213. The fraction of sp³-hybridized carbons (Fsp3) is 0.214. The minimum Gasteiger partial charge on any atom is -0.417 e. The molecule has 0 atom stereocenters. The number of rotatable bonds is 3. The number of carbonyl (C=O) groups excluding carboxylic acids is 1. The van der Waals surface area contributed by atoms with E-state index in [1.54, 1.807) is 12.4 Å². The van der Waals surface area contributed by atoms with Crippen molar-refractivity contribution in [2.75, 3.05) is 0 Å². The van der Waals surface area contributed by atoms with E-state index in [0.29, 0.717) is 0 Å². The van der Waals surface area contributed by atoms with E-state index in [2.05, 4.69) is 14.7 Å². The van der Waals surface area contributed by atoms with Crippen LogP contribution in [0.25, 0.3) is 11.4 Å². The van der Waals surface area contributed by atoms with Crippen molar-refractivity contribution in [3.8, 4) is 17.1 Å². The number of halogens is 4. The zero-order valence-electron chi connectivity index (χ0n) is 11.3. The number of aryl methyl sites for hydroxylation is 1. The van der Waals surface area contributed by atoms with E-state index >= 15 is 0 Å². The Morgan fingerprint density at radius 3 is 2.36 bits per heavy atom. The molecule has 0 bridgehead atoms. The van der Waals surface area contributed by atoms with E-state index in [4.69, 9.17) is 0 Å². The Balaban J connectivity index is 2.23. The monoisotopic (exact) mass is 314 g/mol. The molecule has 2 rings (SSSR count). The second-order valence-corrected chi connectivity index (χ2v) is 4.30. The standard InChI is InChI=1S/C14H10F4N2O2/c1-2-8-6-19-12(20-7-8)9-3-4-11(10(15)5-9)22-13(21)14(16,17)18/h3-7H,2H2,1H3. The maximum absolute atomic E-state index is 13.7. The van der Waals surface area contributed by atoms with Crippen LogP contribution in [-0.4, -0.2) is 22.1 Å². The number of benzene rings is 1. The van der Waals surface area contributed by atoms with Gasteiger partial charge in [0.15, 0.2) is 17.4 Å². The molecule has 0 aliphatic carbocycles. The van der Waals surface area contributed by atoms with Crippen molar-refractivity contribution in [3.05, 3.63) is 42.0 Å². The maximum Gasteiger partial charge on any atom is 0.491 e. The second kappa shape index (κ2) is 6.08. The molecule has 0 unspecified atom stereocenters. The predicted octanol–water partition coefficient (Wildman–Crippen LogP) is 3.31. The Labute approximate surface area is 122 Å². The Hall–Kier alpha value is -2.51. The number of ether oxygens (including phenoxy) is 1. The summed E-state index contributed by atoms with van der Waals surface area (Å²) in [6.07, 6.45) is -1.32. The molecule has 0 aliphatic heterocycles. The number of hydrogen-bond acceptors (Lipinski definition) is 4. The first-order valence-corrected chi connectivity index (χ1v) is 6.21. The van der Waals surface area contributed by atoms with Gasteiger partial charge in [0, 0.05) is 18.0 Å². The molecular weight excluding hydrogens is 304 g/mol. The first kappa shape index (κ1) is 15.9. The van der Waals surface area contributed by atoms with Gasteiger partial charge in [-0.25, -0.2) is 19.2 Å². The van der Waals surface area contributed by atoms with Gasteiger partial charge >= 0.3 is 12.1 Å². The smallest absolute Gasteiger partial charge is 0.417 e. The lowest BCUT2D eigenvalue weighted by atomic mass is 10.2. The van der Waals surface area contributed by atoms with E-state index in [1.807, 2.05) is 6.92 Å². The van der Waals surface area contributed by atoms with Gasteiger partial charge < -0.3 is 4.74 Å². The average molecular weight is 314 g/mol. The van der Waals surface area contributed by atoms with Crippen LogP contribution < -0.4 is 4.74 Å². The lowest BCUT2D eigenvalue weighted by Crippen LogP contribution is -2.28. The molecule has 1 aromatic heterocycles. The van der Waals surface area contributed by atoms with E-state index in [-0.39, 0.29) is 11.4 Å². The summed E-state index contributed by atoms with van der Waals surface area (Å²) in [5, 5.41) is 0. The molecule has 0 saturated carbocycles. The number of aromatic nitrogens is 2. The van der Waals surface area contributed by atoms with Gasteiger partial charge in [0.2, 0.25) is 0 Å². The summed E-state index contributed by atoms with van der Waals surface area (Å²) in [6, 6.07) is 3.09. The zero-order valence-corrected chi connectivity index (χ0v) is 11.3. The van der Waals surface area contributed by atoms with Gasteiger partial charge in [-0.3, -0.25) is 0 Å². The lowest BCUT2D eigenvalue weighted by molar-refractivity contribution is -0.189. The van der Waals surface area contributed by atoms with Gasteiger partial charge in [-0.15, -0.1) is 0 Å². The molecule has 1 aromatic carbocycles. The number of hydrogen-bond donors (Lipinski definition) is 0. The van der Waals surface area contributed by atoms with Crippen LogP contribution in [0.3, 0.4) is 0 Å². The van der Waals surface area contributed by atoms with Gasteiger partial charge in [0.05, 0.1) is 0 Å². The number of nitrogens with zero attached hydrogens (tertiary/aromatic N) is 2. The van der Waals surface area contributed by atoms with Crippen molar-refractivity contribution in [2.24, 2.45) is 0 Å². The van der Waals surface area contributed by atoms with Crippen molar-refractivity contribution in [2.45, 2.75) is 19.5 Å². The molecule has 0 amide bonds. The third-order valence-electron chi connectivity index (χ3n) is 2.74. The van der Waals surface area contributed by atoms with Gasteiger partial charge in [-0.1, -0.05) is 6.92 Å². The van der Waals surface area contributed by atoms with Gasteiger partial charge in [-0.2, -0.15) is 13.2 Å². The predicted molar refractivity (Wildman–Crippen MR) is 68.5 cm³/mol. The quantitative estimate of drug-likeness (QED) is 0.495. The lowest BCUT2D eigenvalue weighted by Gasteiger charge is -2.08. The van der Waals surface area contributed by atoms with E-state index < -0.39 is 23.7 Å². The van der Waals surface area contributed by atoms with Crippen molar-refractivity contribution in [1.29, 1.82) is 0 Å². The molecule has 0 N–H and O–H groups in total. The fourth-order valence-corrected chi connectivity index (χ4v) is 1.57. The highest BCUT2D eigenvalue weighted by Crippen LogP contribution is 2.26. The third-order valence-corrected chi connectivity index (χ3v) is 2.74. The van der Waals surface area contributed by atoms with E-state index in [0.717, 1.165) is 24.1 Å². The molecule has 2 aromatic rings. The van der Waals surface area contributed by atoms with E-state index in [9.17, 15) is 22.4 Å². The largest absolute Gasteiger partial charge is 0.491 e. The topological polar surface area (TPSA) is 52.1 Å². The first-order chi connectivity index (χ1) is 10.3. The number of alkyl halides is 3. The molecule has 22 heavy (non-hydrogen) atoms. The Bertz CT molecular complexity index is 684. The van der Waals surface area contributed by atoms with Crippen LogP contribution in [0.1, 0.15) is 12.5 Å². The van der Waals surface area contributed by atoms with Crippen molar-refractivity contribution in [1.82, 2.24) is 9.97 Å². The van der Waals surface area contributed by atoms with Crippen LogP contribution >= 0.6 is 0 Å². The summed E-state index contributed by atoms with van der Waals surface area (Å²) < 4.78 is 53.9. The van der Waals surface area contributed by atoms with E-state index in [1.165, 1.54) is 6.07 Å². The van der Waals surface area contributed by atoms with Gasteiger partial charge in [-0.05, 0) is 30.2 Å². The zero-order chi connectivity index (χ0) is 16.3. The summed E-state index contributed by atoms with van der Waals surface area (Å²) >= 11 is 0. The second-order valence-electron chi connectivity index (χ2n) is 4.30. The summed E-state index contributed by atoms with van der Waals surface area (Å²) in [5.74, 6) is -4.19. The molecule has 0 fully saturated rings. The highest BCUT2D eigenvalue weighted by atomic mass is 19.4. The Morgan fingerprint density at radius 2 is 1.86 bits per heavy atom. The van der Waals surface area contributed by atoms with Crippen LogP contribution in [0.15, 0.2) is 30.6 Å². The first-order valence-electron chi connectivity index (χ1n) is 6.21. The molecule has 1 heterocycles. The van der Waals surface area contributed by atoms with Crippen LogP contribution in [0, 0.1) is 5.82 Å². The molecule has 4 nitrogen and oxygen atoms in total. The third kappa shape index (κ3) is 3.57. The summed E-state index contributed by atoms with van der Waals surface area (Å²) in [7, 11) is 0. The van der Waals surface area contributed by atoms with Crippen LogP contribution in [0.2, 0.25) is 0 Å². The molecule has 0 spiro atoms. The molecule has 0 saturated heterocycles. The van der Waals surface area contributed by atoms with Crippen LogP contribution in [0.5, 0.6) is 5.75 Å². The van der Waals surface area contributed by atoms with Crippen LogP contribution in [-0.2, 0) is 11.2 Å². The summed E-state index contributed by atoms with van der Waals surface area (Å²) in [4.78, 5) is 18.7. The molecule has 0 aliphatic rings. The molecular formula is C14H10F4N2O2. The van der Waals surface area contributed by atoms with Crippen molar-refractivity contribution >= 4 is 5.97 Å². The molecule has 116 valence electrons. The van der Waals surface area contributed by atoms with Crippen LogP contribution in [0.4, 0.5) is 17.6 Å². The summed E-state index contributed by atoms with van der Waals surface area (Å²) in [5.41, 5.74) is 1.15. The fourth-order valence-electron chi connectivity index (χ4n) is 1.57. The highest BCUT2D eigenvalue weighted by Gasteiger charge is 2.41. The van der Waals surface area contributed by atoms with Crippen molar-refractivity contribution in [3.63, 3.8) is 0 Å². The minimum atomic E-state index is -5.19. The van der Waals surface area contributed by atoms with Crippen molar-refractivity contribution < 1.29 is 27.1 Å². The number of carbonyl (C=O) groups is 1. The normalized spacial score (nSPS) is 11.3. The molecule has 8 heteroatoms.